The minimum Gasteiger partial charge on any atom is -0.444 e. The van der Waals surface area contributed by atoms with E-state index in [9.17, 15) is 4.79 Å². The van der Waals surface area contributed by atoms with Crippen LogP contribution in [-0.4, -0.2) is 21.1 Å². The molecule has 130 valence electrons. The van der Waals surface area contributed by atoms with Gasteiger partial charge in [0.05, 0.1) is 5.52 Å². The summed E-state index contributed by atoms with van der Waals surface area (Å²) < 4.78 is 5.44. The predicted molar refractivity (Wildman–Crippen MR) is 98.6 cm³/mol. The lowest BCUT2D eigenvalue weighted by Gasteiger charge is -2.03. The fourth-order valence-corrected chi connectivity index (χ4v) is 2.82. The highest BCUT2D eigenvalue weighted by Gasteiger charge is 2.14. The van der Waals surface area contributed by atoms with Gasteiger partial charge in [0, 0.05) is 22.5 Å². The van der Waals surface area contributed by atoms with Crippen LogP contribution in [0.1, 0.15) is 16.1 Å². The summed E-state index contributed by atoms with van der Waals surface area (Å²) in [6.45, 7) is 0.348. The fraction of sp³-hybridized carbons (Fsp3) is 0.0556. The number of nitrogens with one attached hydrogen (secondary N) is 2. The number of H-pyrrole nitrogens is 1. The quantitative estimate of drug-likeness (QED) is 0.512. The number of halogens is 1. The number of carbonyl (C=O) groups is 1. The summed E-state index contributed by atoms with van der Waals surface area (Å²) in [6, 6.07) is 12.7. The van der Waals surface area contributed by atoms with Crippen molar-refractivity contribution in [2.45, 2.75) is 6.54 Å². The normalized spacial score (nSPS) is 11.0. The highest BCUT2D eigenvalue weighted by molar-refractivity contribution is 6.30. The second-order valence-corrected chi connectivity index (χ2v) is 6.16. The van der Waals surface area contributed by atoms with Crippen molar-refractivity contribution in [1.82, 2.24) is 20.5 Å². The molecule has 4 N–H and O–H groups in total. The fourth-order valence-electron chi connectivity index (χ4n) is 2.60. The molecule has 0 saturated heterocycles. The molecular weight excluding hydrogens is 354 g/mol. The van der Waals surface area contributed by atoms with Crippen LogP contribution in [0.5, 0.6) is 0 Å². The van der Waals surface area contributed by atoms with Gasteiger partial charge in [-0.05, 0) is 35.9 Å². The zero-order chi connectivity index (χ0) is 18.1. The SMILES string of the molecule is Nc1n[nH]c2cc(-c3nc(C(=O)NCc4cccc(Cl)c4)co3)ccc12. The highest BCUT2D eigenvalue weighted by Crippen LogP contribution is 2.25. The smallest absolute Gasteiger partial charge is 0.273 e. The number of hydrogen-bond donors (Lipinski definition) is 3. The van der Waals surface area contributed by atoms with Crippen molar-refractivity contribution in [3.63, 3.8) is 0 Å². The lowest BCUT2D eigenvalue weighted by molar-refractivity contribution is 0.0946. The molecule has 0 atom stereocenters. The van der Waals surface area contributed by atoms with Crippen molar-refractivity contribution in [1.29, 1.82) is 0 Å². The summed E-state index contributed by atoms with van der Waals surface area (Å²) >= 11 is 5.94. The Hall–Kier alpha value is -3.32. The van der Waals surface area contributed by atoms with Crippen LogP contribution in [0.3, 0.4) is 0 Å². The van der Waals surface area contributed by atoms with E-state index in [4.69, 9.17) is 21.8 Å². The van der Waals surface area contributed by atoms with E-state index in [-0.39, 0.29) is 11.6 Å². The first kappa shape index (κ1) is 16.2. The van der Waals surface area contributed by atoms with Crippen molar-refractivity contribution >= 4 is 34.2 Å². The van der Waals surface area contributed by atoms with Crippen molar-refractivity contribution in [2.24, 2.45) is 0 Å². The van der Waals surface area contributed by atoms with E-state index in [2.05, 4.69) is 20.5 Å². The molecule has 7 nitrogen and oxygen atoms in total. The van der Waals surface area contributed by atoms with Gasteiger partial charge in [-0.1, -0.05) is 23.7 Å². The third-order valence-electron chi connectivity index (χ3n) is 3.92. The number of fused-ring (bicyclic) bond motifs is 1. The van der Waals surface area contributed by atoms with Gasteiger partial charge in [0.1, 0.15) is 6.26 Å². The summed E-state index contributed by atoms with van der Waals surface area (Å²) in [4.78, 5) is 16.5. The van der Waals surface area contributed by atoms with Gasteiger partial charge < -0.3 is 15.5 Å². The third kappa shape index (κ3) is 3.12. The van der Waals surface area contributed by atoms with Gasteiger partial charge >= 0.3 is 0 Å². The molecule has 0 aliphatic carbocycles. The molecule has 26 heavy (non-hydrogen) atoms. The molecule has 0 spiro atoms. The number of nitrogens with zero attached hydrogens (tertiary/aromatic N) is 2. The van der Waals surface area contributed by atoms with E-state index in [1.54, 1.807) is 12.1 Å². The molecule has 0 radical (unpaired) electrons. The maximum absolute atomic E-state index is 12.3. The molecule has 0 aliphatic rings. The van der Waals surface area contributed by atoms with E-state index in [1.807, 2.05) is 30.3 Å². The monoisotopic (exact) mass is 367 g/mol. The number of oxazole rings is 1. The number of amides is 1. The molecule has 2 aromatic heterocycles. The first-order valence-corrected chi connectivity index (χ1v) is 8.20. The Morgan fingerprint density at radius 3 is 3.00 bits per heavy atom. The Bertz CT molecular complexity index is 1100. The number of anilines is 1. The van der Waals surface area contributed by atoms with Gasteiger partial charge in [0.2, 0.25) is 5.89 Å². The number of aromatic nitrogens is 3. The lowest BCUT2D eigenvalue weighted by atomic mass is 10.1. The summed E-state index contributed by atoms with van der Waals surface area (Å²) in [7, 11) is 0. The van der Waals surface area contributed by atoms with Crippen LogP contribution >= 0.6 is 11.6 Å². The first-order valence-electron chi connectivity index (χ1n) is 7.82. The van der Waals surface area contributed by atoms with Gasteiger partial charge in [-0.2, -0.15) is 5.10 Å². The maximum atomic E-state index is 12.3. The van der Waals surface area contributed by atoms with Crippen molar-refractivity contribution in [3.8, 4) is 11.5 Å². The average molecular weight is 368 g/mol. The standard InChI is InChI=1S/C18H14ClN5O2/c19-12-3-1-2-10(6-12)8-21-17(25)15-9-26-18(22-15)11-4-5-13-14(7-11)23-24-16(13)20/h1-7,9H,8H2,(H,21,25)(H3,20,23,24). The van der Waals surface area contributed by atoms with Gasteiger partial charge in [-0.15, -0.1) is 0 Å². The third-order valence-corrected chi connectivity index (χ3v) is 4.15. The Balaban J connectivity index is 1.50. The Kier molecular flexibility index (Phi) is 4.06. The number of rotatable bonds is 4. The van der Waals surface area contributed by atoms with E-state index in [0.717, 1.165) is 22.0 Å². The Morgan fingerprint density at radius 2 is 2.15 bits per heavy atom. The van der Waals surface area contributed by atoms with E-state index >= 15 is 0 Å². The largest absolute Gasteiger partial charge is 0.444 e. The highest BCUT2D eigenvalue weighted by atomic mass is 35.5. The summed E-state index contributed by atoms with van der Waals surface area (Å²) in [5.74, 6) is 0.444. The molecule has 4 aromatic rings. The van der Waals surface area contributed by atoms with Crippen LogP contribution < -0.4 is 11.1 Å². The maximum Gasteiger partial charge on any atom is 0.273 e. The number of nitrogen functional groups attached to an aromatic ring is 1. The van der Waals surface area contributed by atoms with Crippen LogP contribution in [0.2, 0.25) is 5.02 Å². The molecule has 2 aromatic carbocycles. The number of nitrogens with two attached hydrogens (primary N) is 1. The zero-order valence-electron chi connectivity index (χ0n) is 13.5. The van der Waals surface area contributed by atoms with Crippen molar-refractivity contribution in [3.05, 3.63) is 65.0 Å². The van der Waals surface area contributed by atoms with E-state index in [1.165, 1.54) is 6.26 Å². The minimum atomic E-state index is -0.327. The first-order chi connectivity index (χ1) is 12.6. The number of aromatic amines is 1. The predicted octanol–water partition coefficient (Wildman–Crippen LogP) is 3.38. The molecule has 8 heteroatoms. The Morgan fingerprint density at radius 1 is 1.27 bits per heavy atom. The molecule has 0 unspecified atom stereocenters. The minimum absolute atomic E-state index is 0.200. The topological polar surface area (TPSA) is 110 Å². The van der Waals surface area contributed by atoms with E-state index in [0.29, 0.717) is 23.3 Å². The van der Waals surface area contributed by atoms with Crippen LogP contribution in [0.4, 0.5) is 5.82 Å². The summed E-state index contributed by atoms with van der Waals surface area (Å²) in [5.41, 5.74) is 8.34. The molecule has 4 rings (SSSR count). The molecule has 0 fully saturated rings. The zero-order valence-corrected chi connectivity index (χ0v) is 14.2. The van der Waals surface area contributed by atoms with Gasteiger partial charge in [0.25, 0.3) is 5.91 Å². The molecule has 0 aliphatic heterocycles. The van der Waals surface area contributed by atoms with Gasteiger partial charge in [0.15, 0.2) is 11.5 Å². The van der Waals surface area contributed by atoms with Gasteiger partial charge in [-0.3, -0.25) is 9.89 Å². The van der Waals surface area contributed by atoms with Crippen LogP contribution in [0, 0.1) is 0 Å². The lowest BCUT2D eigenvalue weighted by Crippen LogP contribution is -2.23. The second kappa shape index (κ2) is 6.53. The molecule has 1 amide bonds. The number of hydrogen-bond acceptors (Lipinski definition) is 5. The summed E-state index contributed by atoms with van der Waals surface area (Å²) in [5, 5.41) is 11.0. The van der Waals surface area contributed by atoms with Crippen molar-refractivity contribution in [2.75, 3.05) is 5.73 Å². The second-order valence-electron chi connectivity index (χ2n) is 5.72. The summed E-state index contributed by atoms with van der Waals surface area (Å²) in [6.07, 6.45) is 1.33. The van der Waals surface area contributed by atoms with Crippen LogP contribution in [0.25, 0.3) is 22.4 Å². The molecule has 2 heterocycles. The van der Waals surface area contributed by atoms with Crippen molar-refractivity contribution < 1.29 is 9.21 Å². The molecule has 0 saturated carbocycles. The number of benzene rings is 2. The average Bonchev–Trinajstić information content (AvgIpc) is 3.27. The number of carbonyl (C=O) groups excluding carboxylic acids is 1. The van der Waals surface area contributed by atoms with Gasteiger partial charge in [-0.25, -0.2) is 4.98 Å². The van der Waals surface area contributed by atoms with Crippen LogP contribution in [0.15, 0.2) is 53.1 Å². The molecule has 0 bridgehead atoms. The van der Waals surface area contributed by atoms with E-state index < -0.39 is 0 Å². The molecular formula is C18H14ClN5O2. The van der Waals surface area contributed by atoms with Crippen LogP contribution in [-0.2, 0) is 6.54 Å². The Labute approximate surface area is 153 Å².